The van der Waals surface area contributed by atoms with Gasteiger partial charge in [0.25, 0.3) is 0 Å². The number of hydrogen-bond acceptors (Lipinski definition) is 3. The maximum absolute atomic E-state index is 9.95. The predicted octanol–water partition coefficient (Wildman–Crippen LogP) is 1.96. The van der Waals surface area contributed by atoms with Crippen LogP contribution in [0.2, 0.25) is 0 Å². The average molecular weight is 235 g/mol. The van der Waals surface area contributed by atoms with Crippen LogP contribution >= 0.6 is 0 Å². The Morgan fingerprint density at radius 2 is 2.24 bits per heavy atom. The van der Waals surface area contributed by atoms with Crippen molar-refractivity contribution in [1.82, 2.24) is 4.90 Å². The number of methoxy groups -OCH3 is 1. The Hall–Kier alpha value is -1.06. The minimum absolute atomic E-state index is 0.531. The summed E-state index contributed by atoms with van der Waals surface area (Å²) in [5, 5.41) is 9.95. The molecule has 17 heavy (non-hydrogen) atoms. The van der Waals surface area contributed by atoms with Gasteiger partial charge in [0, 0.05) is 25.2 Å². The molecule has 2 rings (SSSR count). The largest absolute Gasteiger partial charge is 0.496 e. The quantitative estimate of drug-likeness (QED) is 0.869. The fourth-order valence-corrected chi connectivity index (χ4v) is 2.45. The molecule has 94 valence electrons. The second-order valence-corrected chi connectivity index (χ2v) is 5.27. The number of aliphatic hydroxyl groups is 1. The van der Waals surface area contributed by atoms with Gasteiger partial charge < -0.3 is 9.84 Å². The van der Waals surface area contributed by atoms with Gasteiger partial charge in [-0.1, -0.05) is 17.7 Å². The molecule has 1 fully saturated rings. The summed E-state index contributed by atoms with van der Waals surface area (Å²) < 4.78 is 5.37. The second kappa shape index (κ2) is 4.67. The van der Waals surface area contributed by atoms with E-state index >= 15 is 0 Å². The minimum Gasteiger partial charge on any atom is -0.496 e. The molecule has 0 radical (unpaired) electrons. The van der Waals surface area contributed by atoms with Crippen LogP contribution in [-0.4, -0.2) is 35.8 Å². The summed E-state index contributed by atoms with van der Waals surface area (Å²) in [6.07, 6.45) is 0.848. The van der Waals surface area contributed by atoms with Crippen LogP contribution in [0.25, 0.3) is 0 Å². The highest BCUT2D eigenvalue weighted by Gasteiger charge is 2.31. The lowest BCUT2D eigenvalue weighted by Gasteiger charge is -2.20. The fraction of sp³-hybridized carbons (Fsp3) is 0.571. The molecule has 1 aliphatic rings. The molecule has 1 heterocycles. The minimum atomic E-state index is -0.531. The van der Waals surface area contributed by atoms with E-state index in [1.165, 1.54) is 11.1 Å². The molecule has 0 spiro atoms. The van der Waals surface area contributed by atoms with E-state index in [2.05, 4.69) is 24.0 Å². The molecule has 1 aromatic carbocycles. The lowest BCUT2D eigenvalue weighted by Crippen LogP contribution is -2.29. The third-order valence-electron chi connectivity index (χ3n) is 3.36. The van der Waals surface area contributed by atoms with E-state index in [9.17, 15) is 5.11 Å². The van der Waals surface area contributed by atoms with Crippen molar-refractivity contribution >= 4 is 0 Å². The van der Waals surface area contributed by atoms with E-state index in [1.807, 2.05) is 13.0 Å². The first-order valence-corrected chi connectivity index (χ1v) is 6.08. The summed E-state index contributed by atoms with van der Waals surface area (Å²) in [7, 11) is 1.70. The molecule has 1 unspecified atom stereocenters. The Labute approximate surface area is 103 Å². The second-order valence-electron chi connectivity index (χ2n) is 5.27. The van der Waals surface area contributed by atoms with Crippen LogP contribution in [0.5, 0.6) is 5.75 Å². The zero-order valence-electron chi connectivity index (χ0n) is 10.9. The number of aryl methyl sites for hydroxylation is 1. The van der Waals surface area contributed by atoms with Gasteiger partial charge in [-0.15, -0.1) is 0 Å². The first kappa shape index (κ1) is 12.4. The number of rotatable bonds is 3. The highest BCUT2D eigenvalue weighted by atomic mass is 16.5. The monoisotopic (exact) mass is 235 g/mol. The number of ether oxygens (including phenoxy) is 1. The summed E-state index contributed by atoms with van der Waals surface area (Å²) in [5.41, 5.74) is 1.91. The van der Waals surface area contributed by atoms with E-state index in [1.54, 1.807) is 7.11 Å². The van der Waals surface area contributed by atoms with Crippen molar-refractivity contribution < 1.29 is 9.84 Å². The molecule has 0 aliphatic carbocycles. The summed E-state index contributed by atoms with van der Waals surface area (Å²) in [4.78, 5) is 2.28. The van der Waals surface area contributed by atoms with Crippen LogP contribution in [0, 0.1) is 6.92 Å². The molecule has 1 saturated heterocycles. The highest BCUT2D eigenvalue weighted by molar-refractivity contribution is 5.36. The molecule has 0 aromatic heterocycles. The Balaban J connectivity index is 2.11. The number of benzene rings is 1. The third kappa shape index (κ3) is 2.99. The van der Waals surface area contributed by atoms with Gasteiger partial charge in [-0.25, -0.2) is 0 Å². The van der Waals surface area contributed by atoms with Gasteiger partial charge in [0.1, 0.15) is 5.75 Å². The lowest BCUT2D eigenvalue weighted by molar-refractivity contribution is 0.0678. The molecule has 0 amide bonds. The van der Waals surface area contributed by atoms with Crippen LogP contribution in [0.3, 0.4) is 0 Å². The third-order valence-corrected chi connectivity index (χ3v) is 3.36. The summed E-state index contributed by atoms with van der Waals surface area (Å²) in [5.74, 6) is 0.933. The first-order valence-electron chi connectivity index (χ1n) is 6.08. The van der Waals surface area contributed by atoms with E-state index in [4.69, 9.17) is 4.74 Å². The maximum Gasteiger partial charge on any atom is 0.123 e. The van der Waals surface area contributed by atoms with Crippen molar-refractivity contribution in [2.45, 2.75) is 32.4 Å². The van der Waals surface area contributed by atoms with Crippen LogP contribution in [-0.2, 0) is 6.54 Å². The van der Waals surface area contributed by atoms with Gasteiger partial charge in [0.2, 0.25) is 0 Å². The number of nitrogens with zero attached hydrogens (tertiary/aromatic N) is 1. The molecule has 3 nitrogen and oxygen atoms in total. The van der Waals surface area contributed by atoms with Crippen LogP contribution < -0.4 is 4.74 Å². The van der Waals surface area contributed by atoms with Crippen molar-refractivity contribution in [2.24, 2.45) is 0 Å². The zero-order chi connectivity index (χ0) is 12.5. The van der Waals surface area contributed by atoms with Crippen molar-refractivity contribution in [3.8, 4) is 5.75 Å². The van der Waals surface area contributed by atoms with E-state index in [0.717, 1.165) is 31.8 Å². The van der Waals surface area contributed by atoms with Gasteiger partial charge in [-0.05, 0) is 26.3 Å². The van der Waals surface area contributed by atoms with Crippen LogP contribution in [0.4, 0.5) is 0 Å². The normalized spacial score (nSPS) is 25.2. The maximum atomic E-state index is 9.95. The van der Waals surface area contributed by atoms with Crippen molar-refractivity contribution in [3.05, 3.63) is 29.3 Å². The molecule has 0 saturated carbocycles. The topological polar surface area (TPSA) is 32.7 Å². The van der Waals surface area contributed by atoms with Gasteiger partial charge in [0.05, 0.1) is 12.7 Å². The van der Waals surface area contributed by atoms with Gasteiger partial charge in [0.15, 0.2) is 0 Å². The smallest absolute Gasteiger partial charge is 0.123 e. The first-order chi connectivity index (χ1) is 8.00. The van der Waals surface area contributed by atoms with Crippen molar-refractivity contribution in [3.63, 3.8) is 0 Å². The summed E-state index contributed by atoms with van der Waals surface area (Å²) in [6, 6.07) is 6.23. The Morgan fingerprint density at radius 1 is 1.47 bits per heavy atom. The number of β-amino-alcohol motifs (C(OH)–C–C–N with tert-alkyl or cyclic N) is 1. The van der Waals surface area contributed by atoms with E-state index < -0.39 is 5.60 Å². The average Bonchev–Trinajstić information content (AvgIpc) is 2.58. The van der Waals surface area contributed by atoms with Crippen molar-refractivity contribution in [2.75, 3.05) is 20.2 Å². The van der Waals surface area contributed by atoms with Gasteiger partial charge in [-0.3, -0.25) is 4.90 Å². The molecule has 1 atom stereocenters. The number of hydrogen-bond donors (Lipinski definition) is 1. The van der Waals surface area contributed by atoms with Gasteiger partial charge in [-0.2, -0.15) is 0 Å². The Bertz CT molecular complexity index is 401. The molecule has 1 aliphatic heterocycles. The van der Waals surface area contributed by atoms with Crippen LogP contribution in [0.1, 0.15) is 24.5 Å². The Morgan fingerprint density at radius 3 is 2.82 bits per heavy atom. The fourth-order valence-electron chi connectivity index (χ4n) is 2.45. The van der Waals surface area contributed by atoms with Crippen molar-refractivity contribution in [1.29, 1.82) is 0 Å². The van der Waals surface area contributed by atoms with Gasteiger partial charge >= 0.3 is 0 Å². The molecule has 0 bridgehead atoms. The predicted molar refractivity (Wildman–Crippen MR) is 68.2 cm³/mol. The zero-order valence-corrected chi connectivity index (χ0v) is 10.9. The SMILES string of the molecule is COc1ccc(C)cc1CN1CCC(C)(O)C1. The van der Waals surface area contributed by atoms with E-state index in [-0.39, 0.29) is 0 Å². The molecule has 1 N–H and O–H groups in total. The molecule has 3 heteroatoms. The standard InChI is InChI=1S/C14H21NO2/c1-11-4-5-13(17-3)12(8-11)9-15-7-6-14(2,16)10-15/h4-5,8,16H,6-7,9-10H2,1-3H3. The molecular formula is C14H21NO2. The summed E-state index contributed by atoms with van der Waals surface area (Å²) >= 11 is 0. The molecule has 1 aromatic rings. The lowest BCUT2D eigenvalue weighted by atomic mass is 10.1. The Kier molecular flexibility index (Phi) is 3.40. The van der Waals surface area contributed by atoms with E-state index in [0.29, 0.717) is 0 Å². The number of likely N-dealkylation sites (tertiary alicyclic amines) is 1. The summed E-state index contributed by atoms with van der Waals surface area (Å²) in [6.45, 7) is 6.53. The van der Waals surface area contributed by atoms with Crippen LogP contribution in [0.15, 0.2) is 18.2 Å². The highest BCUT2D eigenvalue weighted by Crippen LogP contribution is 2.26. The molecular weight excluding hydrogens is 214 g/mol.